The van der Waals surface area contributed by atoms with Gasteiger partial charge >= 0.3 is 5.97 Å². The Morgan fingerprint density at radius 2 is 2.24 bits per heavy atom. The molecule has 0 aromatic carbocycles. The van der Waals surface area contributed by atoms with Gasteiger partial charge in [0.15, 0.2) is 0 Å². The van der Waals surface area contributed by atoms with E-state index in [4.69, 9.17) is 5.11 Å². The van der Waals surface area contributed by atoms with Gasteiger partial charge in [-0.15, -0.1) is 0 Å². The van der Waals surface area contributed by atoms with Crippen LogP contribution in [0.15, 0.2) is 0 Å². The normalized spacial score (nSPS) is 21.8. The predicted octanol–water partition coefficient (Wildman–Crippen LogP) is 0.888. The van der Waals surface area contributed by atoms with Crippen LogP contribution >= 0.6 is 0 Å². The molecular weight excluding hydrogens is 220 g/mol. The van der Waals surface area contributed by atoms with Crippen LogP contribution in [-0.2, 0) is 9.59 Å². The van der Waals surface area contributed by atoms with Gasteiger partial charge < -0.3 is 15.7 Å². The topological polar surface area (TPSA) is 78.4 Å². The zero-order valence-electron chi connectivity index (χ0n) is 10.4. The Morgan fingerprint density at radius 3 is 2.76 bits per heavy atom. The van der Waals surface area contributed by atoms with Gasteiger partial charge in [0.25, 0.3) is 0 Å². The molecule has 3 N–H and O–H groups in total. The standard InChI is InChI=1S/C12H22N2O3/c1-2-5-9(8-11(15)16)14-12(17)10-6-3-4-7-13-10/h9-10,13H,2-8H2,1H3,(H,14,17)(H,15,16). The fraction of sp³-hybridized carbons (Fsp3) is 0.833. The third-order valence-corrected chi connectivity index (χ3v) is 3.03. The summed E-state index contributed by atoms with van der Waals surface area (Å²) in [7, 11) is 0. The Hall–Kier alpha value is -1.10. The molecule has 0 bridgehead atoms. The second-order valence-electron chi connectivity index (χ2n) is 4.59. The molecular formula is C12H22N2O3. The van der Waals surface area contributed by atoms with E-state index in [0.717, 1.165) is 32.2 Å². The third kappa shape index (κ3) is 5.17. The smallest absolute Gasteiger partial charge is 0.305 e. The van der Waals surface area contributed by atoms with Gasteiger partial charge in [0, 0.05) is 6.04 Å². The average molecular weight is 242 g/mol. The number of hydrogen-bond acceptors (Lipinski definition) is 3. The molecule has 0 radical (unpaired) electrons. The van der Waals surface area contributed by atoms with E-state index in [9.17, 15) is 9.59 Å². The van der Waals surface area contributed by atoms with Gasteiger partial charge in [0.2, 0.25) is 5.91 Å². The molecule has 5 heteroatoms. The summed E-state index contributed by atoms with van der Waals surface area (Å²) >= 11 is 0. The fourth-order valence-corrected chi connectivity index (χ4v) is 2.16. The molecule has 1 aliphatic heterocycles. The molecule has 2 atom stereocenters. The summed E-state index contributed by atoms with van der Waals surface area (Å²) in [5.74, 6) is -0.912. The van der Waals surface area contributed by atoms with Crippen molar-refractivity contribution in [3.8, 4) is 0 Å². The Balaban J connectivity index is 2.41. The molecule has 1 heterocycles. The SMILES string of the molecule is CCCC(CC(=O)O)NC(=O)C1CCCCN1. The molecule has 0 spiro atoms. The first-order valence-corrected chi connectivity index (χ1v) is 6.39. The van der Waals surface area contributed by atoms with E-state index in [2.05, 4.69) is 10.6 Å². The van der Waals surface area contributed by atoms with E-state index in [-0.39, 0.29) is 24.4 Å². The lowest BCUT2D eigenvalue weighted by Crippen LogP contribution is -2.50. The molecule has 1 rings (SSSR count). The Bertz CT molecular complexity index is 262. The van der Waals surface area contributed by atoms with E-state index >= 15 is 0 Å². The number of hydrogen-bond donors (Lipinski definition) is 3. The number of aliphatic carboxylic acids is 1. The van der Waals surface area contributed by atoms with Crippen LogP contribution in [-0.4, -0.2) is 35.6 Å². The van der Waals surface area contributed by atoms with Gasteiger partial charge in [0.05, 0.1) is 12.5 Å². The minimum absolute atomic E-state index is 0.00625. The molecule has 1 saturated heterocycles. The third-order valence-electron chi connectivity index (χ3n) is 3.03. The number of carboxylic acid groups (broad SMARTS) is 1. The fourth-order valence-electron chi connectivity index (χ4n) is 2.16. The molecule has 0 aromatic heterocycles. The van der Waals surface area contributed by atoms with Crippen LogP contribution < -0.4 is 10.6 Å². The molecule has 2 unspecified atom stereocenters. The zero-order chi connectivity index (χ0) is 12.7. The lowest BCUT2D eigenvalue weighted by molar-refractivity contribution is -0.137. The maximum atomic E-state index is 11.9. The Kier molecular flexibility index (Phi) is 5.97. The number of nitrogens with one attached hydrogen (secondary N) is 2. The second kappa shape index (κ2) is 7.27. The molecule has 0 saturated carbocycles. The number of carboxylic acids is 1. The van der Waals surface area contributed by atoms with Crippen molar-refractivity contribution < 1.29 is 14.7 Å². The summed E-state index contributed by atoms with van der Waals surface area (Å²) in [4.78, 5) is 22.6. The van der Waals surface area contributed by atoms with Crippen molar-refractivity contribution in [1.29, 1.82) is 0 Å². The summed E-state index contributed by atoms with van der Waals surface area (Å²) in [5, 5.41) is 14.8. The summed E-state index contributed by atoms with van der Waals surface area (Å²) in [6, 6.07) is -0.384. The number of rotatable bonds is 6. The van der Waals surface area contributed by atoms with Crippen molar-refractivity contribution >= 4 is 11.9 Å². The summed E-state index contributed by atoms with van der Waals surface area (Å²) < 4.78 is 0. The zero-order valence-corrected chi connectivity index (χ0v) is 10.4. The van der Waals surface area contributed by atoms with Crippen molar-refractivity contribution in [1.82, 2.24) is 10.6 Å². The summed E-state index contributed by atoms with van der Waals surface area (Å²) in [6.45, 7) is 2.86. The highest BCUT2D eigenvalue weighted by atomic mass is 16.4. The van der Waals surface area contributed by atoms with E-state index < -0.39 is 5.97 Å². The molecule has 98 valence electrons. The molecule has 0 aromatic rings. The van der Waals surface area contributed by atoms with Crippen LogP contribution in [0.1, 0.15) is 45.4 Å². The molecule has 17 heavy (non-hydrogen) atoms. The maximum Gasteiger partial charge on any atom is 0.305 e. The lowest BCUT2D eigenvalue weighted by atomic mass is 10.0. The average Bonchev–Trinajstić information content (AvgIpc) is 2.29. The van der Waals surface area contributed by atoms with Crippen molar-refractivity contribution in [3.05, 3.63) is 0 Å². The van der Waals surface area contributed by atoms with Crippen LogP contribution in [0.4, 0.5) is 0 Å². The highest BCUT2D eigenvalue weighted by Gasteiger charge is 2.23. The van der Waals surface area contributed by atoms with Crippen molar-refractivity contribution in [3.63, 3.8) is 0 Å². The number of carbonyl (C=O) groups is 2. The van der Waals surface area contributed by atoms with Crippen LogP contribution in [0.5, 0.6) is 0 Å². The highest BCUT2D eigenvalue weighted by Crippen LogP contribution is 2.09. The molecule has 1 aliphatic rings. The number of piperidine rings is 1. The second-order valence-corrected chi connectivity index (χ2v) is 4.59. The van der Waals surface area contributed by atoms with Crippen LogP contribution in [0.25, 0.3) is 0 Å². The first kappa shape index (κ1) is 14.0. The molecule has 0 aliphatic carbocycles. The van der Waals surface area contributed by atoms with E-state index in [1.165, 1.54) is 0 Å². The van der Waals surface area contributed by atoms with Gasteiger partial charge in [-0.3, -0.25) is 9.59 Å². The summed E-state index contributed by atoms with van der Waals surface area (Å²) in [5.41, 5.74) is 0. The maximum absolute atomic E-state index is 11.9. The van der Waals surface area contributed by atoms with Gasteiger partial charge in [0.1, 0.15) is 0 Å². The Morgan fingerprint density at radius 1 is 1.47 bits per heavy atom. The van der Waals surface area contributed by atoms with Gasteiger partial charge in [-0.25, -0.2) is 0 Å². The van der Waals surface area contributed by atoms with Crippen molar-refractivity contribution in [2.75, 3.05) is 6.54 Å². The summed E-state index contributed by atoms with van der Waals surface area (Å²) in [6.07, 6.45) is 4.60. The van der Waals surface area contributed by atoms with Crippen molar-refractivity contribution in [2.24, 2.45) is 0 Å². The van der Waals surface area contributed by atoms with E-state index in [1.807, 2.05) is 6.92 Å². The molecule has 1 amide bonds. The van der Waals surface area contributed by atoms with E-state index in [1.54, 1.807) is 0 Å². The van der Waals surface area contributed by atoms with Crippen LogP contribution in [0.2, 0.25) is 0 Å². The molecule has 1 fully saturated rings. The van der Waals surface area contributed by atoms with Crippen LogP contribution in [0.3, 0.4) is 0 Å². The lowest BCUT2D eigenvalue weighted by Gasteiger charge is -2.25. The Labute approximate surface area is 102 Å². The molecule has 5 nitrogen and oxygen atoms in total. The first-order chi connectivity index (χ1) is 8.13. The largest absolute Gasteiger partial charge is 0.481 e. The van der Waals surface area contributed by atoms with Crippen LogP contribution in [0, 0.1) is 0 Å². The van der Waals surface area contributed by atoms with Crippen molar-refractivity contribution in [2.45, 2.75) is 57.5 Å². The minimum atomic E-state index is -0.861. The van der Waals surface area contributed by atoms with E-state index in [0.29, 0.717) is 6.42 Å². The minimum Gasteiger partial charge on any atom is -0.481 e. The highest BCUT2D eigenvalue weighted by molar-refractivity contribution is 5.82. The quantitative estimate of drug-likeness (QED) is 0.646. The monoisotopic (exact) mass is 242 g/mol. The number of carbonyl (C=O) groups excluding carboxylic acids is 1. The van der Waals surface area contributed by atoms with Gasteiger partial charge in [-0.1, -0.05) is 19.8 Å². The number of amides is 1. The van der Waals surface area contributed by atoms with Gasteiger partial charge in [-0.2, -0.15) is 0 Å². The first-order valence-electron chi connectivity index (χ1n) is 6.39. The predicted molar refractivity (Wildman–Crippen MR) is 64.7 cm³/mol. The van der Waals surface area contributed by atoms with Gasteiger partial charge in [-0.05, 0) is 25.8 Å².